The number of hydrogen-bond acceptors (Lipinski definition) is 6. The molecule has 0 aliphatic heterocycles. The maximum absolute atomic E-state index is 11.8. The lowest BCUT2D eigenvalue weighted by atomic mass is 10.1. The first-order chi connectivity index (χ1) is 12.0. The van der Waals surface area contributed by atoms with Crippen LogP contribution in [0.1, 0.15) is 11.1 Å². The Balaban J connectivity index is 1.88. The average Bonchev–Trinajstić information content (AvgIpc) is 2.61. The summed E-state index contributed by atoms with van der Waals surface area (Å²) in [7, 11) is 1.57. The number of nitro groups is 1. The van der Waals surface area contributed by atoms with E-state index >= 15 is 0 Å². The Bertz CT molecular complexity index is 805. The Morgan fingerprint density at radius 2 is 2.12 bits per heavy atom. The van der Waals surface area contributed by atoms with Crippen LogP contribution in [0.15, 0.2) is 47.6 Å². The zero-order valence-electron chi connectivity index (χ0n) is 13.9. The molecule has 2 N–H and O–H groups in total. The number of benzene rings is 2. The molecule has 2 aromatic carbocycles. The van der Waals surface area contributed by atoms with E-state index in [-0.39, 0.29) is 18.1 Å². The van der Waals surface area contributed by atoms with Gasteiger partial charge in [-0.1, -0.05) is 18.2 Å². The van der Waals surface area contributed by atoms with Gasteiger partial charge in [0, 0.05) is 28.9 Å². The van der Waals surface area contributed by atoms with Crippen LogP contribution < -0.4 is 15.5 Å². The zero-order valence-corrected chi connectivity index (χ0v) is 13.9. The molecule has 8 heteroatoms. The number of rotatable bonds is 7. The Hall–Kier alpha value is -3.42. The lowest BCUT2D eigenvalue weighted by molar-refractivity contribution is -0.385. The van der Waals surface area contributed by atoms with Crippen LogP contribution in [0.25, 0.3) is 0 Å². The number of nitrogens with zero attached hydrogens (tertiary/aromatic N) is 2. The maximum Gasteiger partial charge on any atom is 0.272 e. The monoisotopic (exact) mass is 342 g/mol. The van der Waals surface area contributed by atoms with Gasteiger partial charge in [0.05, 0.1) is 24.8 Å². The van der Waals surface area contributed by atoms with Gasteiger partial charge in [0.1, 0.15) is 5.75 Å². The van der Waals surface area contributed by atoms with Crippen LogP contribution >= 0.6 is 0 Å². The van der Waals surface area contributed by atoms with Crippen molar-refractivity contribution in [2.75, 3.05) is 19.0 Å². The number of hydrogen-bond donors (Lipinski definition) is 2. The molecule has 0 unspecified atom stereocenters. The van der Waals surface area contributed by atoms with Gasteiger partial charge in [-0.05, 0) is 19.1 Å². The number of amides is 1. The van der Waals surface area contributed by atoms with Crippen molar-refractivity contribution in [1.29, 1.82) is 0 Å². The van der Waals surface area contributed by atoms with Gasteiger partial charge in [0.15, 0.2) is 0 Å². The van der Waals surface area contributed by atoms with Crippen LogP contribution in [-0.4, -0.2) is 30.7 Å². The van der Waals surface area contributed by atoms with E-state index in [9.17, 15) is 14.9 Å². The predicted molar refractivity (Wildman–Crippen MR) is 95.1 cm³/mol. The van der Waals surface area contributed by atoms with Gasteiger partial charge in [-0.3, -0.25) is 14.9 Å². The normalized spacial score (nSPS) is 10.5. The van der Waals surface area contributed by atoms with E-state index in [4.69, 9.17) is 4.74 Å². The summed E-state index contributed by atoms with van der Waals surface area (Å²) in [5, 5.41) is 17.6. The number of nitro benzene ring substituents is 1. The highest BCUT2D eigenvalue weighted by molar-refractivity contribution is 5.85. The minimum absolute atomic E-state index is 0.00923. The molecule has 0 radical (unpaired) electrons. The fraction of sp³-hybridized carbons (Fsp3) is 0.176. The lowest BCUT2D eigenvalue weighted by Crippen LogP contribution is -2.25. The van der Waals surface area contributed by atoms with Crippen molar-refractivity contribution in [2.45, 2.75) is 6.92 Å². The number of hydrazone groups is 1. The fourth-order valence-corrected chi connectivity index (χ4v) is 2.04. The Kier molecular flexibility index (Phi) is 6.05. The zero-order chi connectivity index (χ0) is 18.2. The van der Waals surface area contributed by atoms with Crippen molar-refractivity contribution in [3.05, 3.63) is 63.7 Å². The average molecular weight is 342 g/mol. The van der Waals surface area contributed by atoms with E-state index < -0.39 is 4.92 Å². The summed E-state index contributed by atoms with van der Waals surface area (Å²) < 4.78 is 5.10. The quantitative estimate of drug-likeness (QED) is 0.457. The molecule has 0 aromatic heterocycles. The van der Waals surface area contributed by atoms with Crippen molar-refractivity contribution in [3.8, 4) is 5.75 Å². The Labute approximate surface area is 144 Å². The van der Waals surface area contributed by atoms with E-state index in [1.807, 2.05) is 12.1 Å². The van der Waals surface area contributed by atoms with Gasteiger partial charge in [-0.25, -0.2) is 5.43 Å². The summed E-state index contributed by atoms with van der Waals surface area (Å²) in [6, 6.07) is 11.9. The van der Waals surface area contributed by atoms with Crippen LogP contribution in [0, 0.1) is 17.0 Å². The van der Waals surface area contributed by atoms with Crippen LogP contribution in [0.5, 0.6) is 5.75 Å². The molecule has 1 amide bonds. The highest BCUT2D eigenvalue weighted by Gasteiger charge is 2.10. The molecular weight excluding hydrogens is 324 g/mol. The molecule has 130 valence electrons. The lowest BCUT2D eigenvalue weighted by Gasteiger charge is -2.06. The smallest absolute Gasteiger partial charge is 0.272 e. The number of carbonyl (C=O) groups excluding carboxylic acids is 1. The van der Waals surface area contributed by atoms with Gasteiger partial charge in [-0.2, -0.15) is 5.10 Å². The van der Waals surface area contributed by atoms with Crippen molar-refractivity contribution in [1.82, 2.24) is 5.43 Å². The van der Waals surface area contributed by atoms with E-state index in [0.717, 1.165) is 5.69 Å². The molecule has 8 nitrogen and oxygen atoms in total. The van der Waals surface area contributed by atoms with Gasteiger partial charge >= 0.3 is 0 Å². The number of anilines is 1. The van der Waals surface area contributed by atoms with Crippen LogP contribution in [0.2, 0.25) is 0 Å². The molecule has 0 aliphatic rings. The third-order valence-corrected chi connectivity index (χ3v) is 3.36. The highest BCUT2D eigenvalue weighted by Crippen LogP contribution is 2.18. The van der Waals surface area contributed by atoms with Crippen molar-refractivity contribution in [2.24, 2.45) is 5.10 Å². The SMILES string of the molecule is COc1cccc(NCC(=O)N/N=C\c2ccc(C)c([N+](=O)[O-])c2)c1. The second-order valence-corrected chi connectivity index (χ2v) is 5.18. The molecule has 2 aromatic rings. The number of carbonyl (C=O) groups is 1. The van der Waals surface area contributed by atoms with Gasteiger partial charge in [0.25, 0.3) is 11.6 Å². The summed E-state index contributed by atoms with van der Waals surface area (Å²) in [4.78, 5) is 22.2. The molecule has 0 heterocycles. The minimum Gasteiger partial charge on any atom is -0.497 e. The van der Waals surface area contributed by atoms with Gasteiger partial charge in [-0.15, -0.1) is 0 Å². The van der Waals surface area contributed by atoms with Crippen LogP contribution in [0.4, 0.5) is 11.4 Å². The molecule has 0 spiro atoms. The van der Waals surface area contributed by atoms with Crippen molar-refractivity contribution < 1.29 is 14.5 Å². The second-order valence-electron chi connectivity index (χ2n) is 5.18. The molecule has 0 saturated heterocycles. The first-order valence-corrected chi connectivity index (χ1v) is 7.44. The first kappa shape index (κ1) is 17.9. The van der Waals surface area contributed by atoms with Crippen molar-refractivity contribution in [3.63, 3.8) is 0 Å². The standard InChI is InChI=1S/C17H18N4O4/c1-12-6-7-13(8-16(12)21(23)24)10-19-20-17(22)11-18-14-4-3-5-15(9-14)25-2/h3-10,18H,11H2,1-2H3,(H,20,22)/b19-10-. The summed E-state index contributed by atoms with van der Waals surface area (Å²) in [5.74, 6) is 0.338. The molecular formula is C17H18N4O4. The van der Waals surface area contributed by atoms with E-state index in [0.29, 0.717) is 16.9 Å². The third-order valence-electron chi connectivity index (χ3n) is 3.36. The summed E-state index contributed by atoms with van der Waals surface area (Å²) in [5.41, 5.74) is 4.20. The molecule has 0 saturated carbocycles. The van der Waals surface area contributed by atoms with E-state index in [1.165, 1.54) is 12.3 Å². The van der Waals surface area contributed by atoms with Gasteiger partial charge in [0.2, 0.25) is 0 Å². The van der Waals surface area contributed by atoms with Gasteiger partial charge < -0.3 is 10.1 Å². The number of nitrogens with one attached hydrogen (secondary N) is 2. The largest absolute Gasteiger partial charge is 0.497 e. The Morgan fingerprint density at radius 3 is 2.84 bits per heavy atom. The predicted octanol–water partition coefficient (Wildman–Crippen LogP) is 2.47. The van der Waals surface area contributed by atoms with Crippen LogP contribution in [0.3, 0.4) is 0 Å². The highest BCUT2D eigenvalue weighted by atomic mass is 16.6. The topological polar surface area (TPSA) is 106 Å². The summed E-state index contributed by atoms with van der Waals surface area (Å²) >= 11 is 0. The van der Waals surface area contributed by atoms with E-state index in [2.05, 4.69) is 15.8 Å². The second kappa shape index (κ2) is 8.44. The summed E-state index contributed by atoms with van der Waals surface area (Å²) in [6.07, 6.45) is 1.36. The first-order valence-electron chi connectivity index (χ1n) is 7.44. The molecule has 0 atom stereocenters. The molecule has 0 aliphatic carbocycles. The third kappa shape index (κ3) is 5.31. The fourth-order valence-electron chi connectivity index (χ4n) is 2.04. The molecule has 2 rings (SSSR count). The van der Waals surface area contributed by atoms with Crippen LogP contribution in [-0.2, 0) is 4.79 Å². The maximum atomic E-state index is 11.8. The van der Waals surface area contributed by atoms with E-state index in [1.54, 1.807) is 38.3 Å². The molecule has 0 fully saturated rings. The molecule has 0 bridgehead atoms. The van der Waals surface area contributed by atoms with Crippen molar-refractivity contribution >= 4 is 23.5 Å². The number of methoxy groups -OCH3 is 1. The minimum atomic E-state index is -0.455. The Morgan fingerprint density at radius 1 is 1.32 bits per heavy atom. The summed E-state index contributed by atoms with van der Waals surface area (Å²) in [6.45, 7) is 1.68. The number of ether oxygens (including phenoxy) is 1. The number of aryl methyl sites for hydroxylation is 1. The molecule has 25 heavy (non-hydrogen) atoms.